The molecule has 2 N–H and O–H groups in total. The largest absolute Gasteiger partial charge is 0.365 e. The van der Waals surface area contributed by atoms with E-state index in [9.17, 15) is 4.79 Å². The SMILES string of the molecule is Cc1cc(C)c(CNc2nc(CN3CCCC3)nc3sc(C)c(C)c23)c(=O)[nH]1. The number of pyridine rings is 1. The Bertz CT molecular complexity index is 1080. The smallest absolute Gasteiger partial charge is 0.253 e. The van der Waals surface area contributed by atoms with Crippen molar-refractivity contribution in [2.75, 3.05) is 18.4 Å². The lowest BCUT2D eigenvalue weighted by atomic mass is 10.1. The number of likely N-dealkylation sites (tertiary alicyclic amines) is 1. The number of nitrogens with one attached hydrogen (secondary N) is 2. The van der Waals surface area contributed by atoms with Crippen LogP contribution in [0.2, 0.25) is 0 Å². The predicted octanol–water partition coefficient (Wildman–Crippen LogP) is 3.82. The average molecular weight is 398 g/mol. The number of aryl methyl sites for hydroxylation is 4. The number of aromatic amines is 1. The molecule has 28 heavy (non-hydrogen) atoms. The first-order chi connectivity index (χ1) is 13.4. The highest BCUT2D eigenvalue weighted by Crippen LogP contribution is 2.33. The van der Waals surface area contributed by atoms with E-state index in [2.05, 4.69) is 29.0 Å². The fourth-order valence-corrected chi connectivity index (χ4v) is 4.95. The molecule has 1 aliphatic rings. The minimum absolute atomic E-state index is 0.0363. The van der Waals surface area contributed by atoms with Gasteiger partial charge >= 0.3 is 0 Å². The summed E-state index contributed by atoms with van der Waals surface area (Å²) in [5.74, 6) is 1.69. The van der Waals surface area contributed by atoms with Crippen LogP contribution in [-0.2, 0) is 13.1 Å². The van der Waals surface area contributed by atoms with E-state index in [1.807, 2.05) is 19.9 Å². The number of aromatic nitrogens is 3. The summed E-state index contributed by atoms with van der Waals surface area (Å²) < 4.78 is 0. The first-order valence-corrected chi connectivity index (χ1v) is 10.7. The Balaban J connectivity index is 1.69. The minimum Gasteiger partial charge on any atom is -0.365 e. The molecule has 1 saturated heterocycles. The average Bonchev–Trinajstić information content (AvgIpc) is 3.22. The molecule has 1 fully saturated rings. The van der Waals surface area contributed by atoms with Crippen molar-refractivity contribution in [1.29, 1.82) is 0 Å². The first-order valence-electron chi connectivity index (χ1n) is 9.84. The van der Waals surface area contributed by atoms with Gasteiger partial charge in [-0.05, 0) is 70.8 Å². The lowest BCUT2D eigenvalue weighted by molar-refractivity contribution is 0.323. The molecule has 0 bridgehead atoms. The van der Waals surface area contributed by atoms with Crippen LogP contribution in [0.3, 0.4) is 0 Å². The summed E-state index contributed by atoms with van der Waals surface area (Å²) in [7, 11) is 0. The van der Waals surface area contributed by atoms with E-state index >= 15 is 0 Å². The third-order valence-corrected chi connectivity index (χ3v) is 6.67. The monoisotopic (exact) mass is 397 g/mol. The van der Waals surface area contributed by atoms with Crippen molar-refractivity contribution in [2.45, 2.75) is 53.6 Å². The van der Waals surface area contributed by atoms with Gasteiger partial charge in [0.05, 0.1) is 11.9 Å². The second-order valence-electron chi connectivity index (χ2n) is 7.73. The molecule has 0 spiro atoms. The molecule has 4 rings (SSSR count). The summed E-state index contributed by atoms with van der Waals surface area (Å²) in [5.41, 5.74) is 3.81. The molecule has 0 saturated carbocycles. The molecule has 0 aliphatic carbocycles. The molecule has 7 heteroatoms. The molecule has 0 amide bonds. The van der Waals surface area contributed by atoms with Gasteiger partial charge in [-0.15, -0.1) is 11.3 Å². The quantitative estimate of drug-likeness (QED) is 0.685. The second kappa shape index (κ2) is 7.64. The summed E-state index contributed by atoms with van der Waals surface area (Å²) in [5, 5.41) is 4.52. The van der Waals surface area contributed by atoms with E-state index in [0.29, 0.717) is 6.54 Å². The first kappa shape index (κ1) is 19.1. The molecule has 4 heterocycles. The van der Waals surface area contributed by atoms with Crippen molar-refractivity contribution in [3.8, 4) is 0 Å². The van der Waals surface area contributed by atoms with Gasteiger partial charge in [0, 0.05) is 22.7 Å². The summed E-state index contributed by atoms with van der Waals surface area (Å²) in [4.78, 5) is 29.7. The number of H-pyrrole nitrogens is 1. The van der Waals surface area contributed by atoms with E-state index in [0.717, 1.165) is 58.3 Å². The Morgan fingerprint density at radius 1 is 1.18 bits per heavy atom. The Kier molecular flexibility index (Phi) is 5.21. The van der Waals surface area contributed by atoms with Crippen LogP contribution >= 0.6 is 11.3 Å². The zero-order chi connectivity index (χ0) is 19.8. The van der Waals surface area contributed by atoms with Gasteiger partial charge < -0.3 is 10.3 Å². The number of hydrogen-bond acceptors (Lipinski definition) is 6. The molecule has 0 unspecified atom stereocenters. The van der Waals surface area contributed by atoms with Gasteiger partial charge in [0.25, 0.3) is 5.56 Å². The molecule has 3 aromatic rings. The minimum atomic E-state index is -0.0363. The number of anilines is 1. The molecule has 148 valence electrons. The fourth-order valence-electron chi connectivity index (χ4n) is 3.91. The number of thiophene rings is 1. The lowest BCUT2D eigenvalue weighted by Crippen LogP contribution is -2.21. The molecule has 6 nitrogen and oxygen atoms in total. The molecule has 0 radical (unpaired) electrons. The van der Waals surface area contributed by atoms with E-state index < -0.39 is 0 Å². The van der Waals surface area contributed by atoms with Crippen LogP contribution in [-0.4, -0.2) is 32.9 Å². The fraction of sp³-hybridized carbons (Fsp3) is 0.476. The maximum absolute atomic E-state index is 12.4. The van der Waals surface area contributed by atoms with Gasteiger partial charge in [0.1, 0.15) is 16.5 Å². The number of hydrogen-bond donors (Lipinski definition) is 2. The van der Waals surface area contributed by atoms with Crippen LogP contribution in [0.4, 0.5) is 5.82 Å². The molecule has 0 atom stereocenters. The van der Waals surface area contributed by atoms with Crippen molar-refractivity contribution in [2.24, 2.45) is 0 Å². The van der Waals surface area contributed by atoms with Crippen molar-refractivity contribution in [3.63, 3.8) is 0 Å². The summed E-state index contributed by atoms with van der Waals surface area (Å²) >= 11 is 1.72. The standard InChI is InChI=1S/C21H27N5OS/c1-12-9-13(2)23-20(27)16(12)10-22-19-18-14(3)15(4)28-21(18)25-17(24-19)11-26-7-5-6-8-26/h9H,5-8,10-11H2,1-4H3,(H,23,27)(H,22,24,25). The Hall–Kier alpha value is -2.25. The van der Waals surface area contributed by atoms with Gasteiger partial charge in [-0.2, -0.15) is 0 Å². The van der Waals surface area contributed by atoms with Gasteiger partial charge in [-0.25, -0.2) is 9.97 Å². The Labute approximate surface area is 169 Å². The number of fused-ring (bicyclic) bond motifs is 1. The summed E-state index contributed by atoms with van der Waals surface area (Å²) in [6.45, 7) is 11.6. The highest BCUT2D eigenvalue weighted by molar-refractivity contribution is 7.18. The van der Waals surface area contributed by atoms with E-state index in [1.54, 1.807) is 11.3 Å². The highest BCUT2D eigenvalue weighted by atomic mass is 32.1. The van der Waals surface area contributed by atoms with Crippen molar-refractivity contribution in [3.05, 3.63) is 49.5 Å². The van der Waals surface area contributed by atoms with Crippen LogP contribution in [0, 0.1) is 27.7 Å². The molecular weight excluding hydrogens is 370 g/mol. The van der Waals surface area contributed by atoms with E-state index in [1.165, 1.54) is 23.3 Å². The second-order valence-corrected chi connectivity index (χ2v) is 8.93. The molecule has 1 aliphatic heterocycles. The van der Waals surface area contributed by atoms with Crippen molar-refractivity contribution in [1.82, 2.24) is 19.9 Å². The van der Waals surface area contributed by atoms with Crippen molar-refractivity contribution >= 4 is 27.4 Å². The van der Waals surface area contributed by atoms with Gasteiger partial charge in [-0.3, -0.25) is 9.69 Å². The van der Waals surface area contributed by atoms with Crippen LogP contribution < -0.4 is 10.9 Å². The van der Waals surface area contributed by atoms with Gasteiger partial charge in [0.15, 0.2) is 0 Å². The van der Waals surface area contributed by atoms with Gasteiger partial charge in [0.2, 0.25) is 0 Å². The van der Waals surface area contributed by atoms with E-state index in [-0.39, 0.29) is 5.56 Å². The number of rotatable bonds is 5. The third-order valence-electron chi connectivity index (χ3n) is 5.57. The maximum atomic E-state index is 12.4. The lowest BCUT2D eigenvalue weighted by Gasteiger charge is -2.15. The molecule has 3 aromatic heterocycles. The maximum Gasteiger partial charge on any atom is 0.253 e. The Morgan fingerprint density at radius 2 is 1.93 bits per heavy atom. The zero-order valence-corrected chi connectivity index (χ0v) is 17.8. The predicted molar refractivity (Wildman–Crippen MR) is 115 cm³/mol. The Morgan fingerprint density at radius 3 is 2.64 bits per heavy atom. The molecule has 0 aromatic carbocycles. The topological polar surface area (TPSA) is 73.9 Å². The van der Waals surface area contributed by atoms with Gasteiger partial charge in [-0.1, -0.05) is 0 Å². The molecular formula is C21H27N5OS. The summed E-state index contributed by atoms with van der Waals surface area (Å²) in [6.07, 6.45) is 2.50. The number of nitrogens with zero attached hydrogens (tertiary/aromatic N) is 3. The highest BCUT2D eigenvalue weighted by Gasteiger charge is 2.18. The van der Waals surface area contributed by atoms with Crippen LogP contribution in [0.25, 0.3) is 10.2 Å². The van der Waals surface area contributed by atoms with Crippen LogP contribution in [0.1, 0.15) is 45.9 Å². The van der Waals surface area contributed by atoms with Crippen LogP contribution in [0.15, 0.2) is 10.9 Å². The van der Waals surface area contributed by atoms with Crippen LogP contribution in [0.5, 0.6) is 0 Å². The van der Waals surface area contributed by atoms with E-state index in [4.69, 9.17) is 9.97 Å². The third kappa shape index (κ3) is 3.69. The summed E-state index contributed by atoms with van der Waals surface area (Å²) in [6, 6.07) is 2.01. The normalized spacial score (nSPS) is 14.9. The zero-order valence-electron chi connectivity index (χ0n) is 17.0. The van der Waals surface area contributed by atoms with Crippen molar-refractivity contribution < 1.29 is 0 Å².